The summed E-state index contributed by atoms with van der Waals surface area (Å²) in [6, 6.07) is 6.00. The fourth-order valence-electron chi connectivity index (χ4n) is 1.65. The second-order valence-corrected chi connectivity index (χ2v) is 4.81. The number of thiazole rings is 1. The summed E-state index contributed by atoms with van der Waals surface area (Å²) in [6.07, 6.45) is 1.70. The van der Waals surface area contributed by atoms with Gasteiger partial charge in [-0.15, -0.1) is 11.3 Å². The summed E-state index contributed by atoms with van der Waals surface area (Å²) in [5.41, 5.74) is 10.3. The van der Waals surface area contributed by atoms with Gasteiger partial charge in [-0.1, -0.05) is 0 Å². The van der Waals surface area contributed by atoms with Crippen LogP contribution >= 0.6 is 11.3 Å². The first kappa shape index (κ1) is 10.9. The summed E-state index contributed by atoms with van der Waals surface area (Å²) in [4.78, 5) is 12.4. The number of benzene rings is 1. The van der Waals surface area contributed by atoms with Crippen molar-refractivity contribution in [1.82, 2.24) is 15.0 Å². The summed E-state index contributed by atoms with van der Waals surface area (Å²) in [5.74, 6) is 0.994. The van der Waals surface area contributed by atoms with E-state index < -0.39 is 0 Å². The van der Waals surface area contributed by atoms with Crippen molar-refractivity contribution in [2.45, 2.75) is 6.92 Å². The van der Waals surface area contributed by atoms with Crippen LogP contribution in [0.4, 0.5) is 17.5 Å². The molecule has 0 saturated heterocycles. The predicted octanol–water partition coefficient (Wildman–Crippen LogP) is 2.72. The van der Waals surface area contributed by atoms with Crippen molar-refractivity contribution in [2.75, 3.05) is 11.1 Å². The van der Waals surface area contributed by atoms with E-state index in [0.29, 0.717) is 0 Å². The number of aromatic nitrogens is 3. The highest BCUT2D eigenvalue weighted by Gasteiger charge is 2.04. The molecule has 90 valence electrons. The zero-order chi connectivity index (χ0) is 12.5. The van der Waals surface area contributed by atoms with E-state index in [1.807, 2.05) is 30.6 Å². The molecule has 2 aromatic heterocycles. The van der Waals surface area contributed by atoms with Gasteiger partial charge in [-0.3, -0.25) is 0 Å². The monoisotopic (exact) mass is 257 g/mol. The average molecular weight is 257 g/mol. The van der Waals surface area contributed by atoms with Crippen molar-refractivity contribution in [3.63, 3.8) is 0 Å². The molecule has 0 amide bonds. The largest absolute Gasteiger partial charge is 0.368 e. The van der Waals surface area contributed by atoms with Gasteiger partial charge in [0.25, 0.3) is 0 Å². The lowest BCUT2D eigenvalue weighted by Crippen LogP contribution is -2.01. The van der Waals surface area contributed by atoms with E-state index >= 15 is 0 Å². The molecule has 0 radical (unpaired) electrons. The van der Waals surface area contributed by atoms with Crippen LogP contribution in [0.1, 0.15) is 5.56 Å². The molecule has 1 aromatic carbocycles. The number of fused-ring (bicyclic) bond motifs is 1. The number of nitrogen functional groups attached to an aromatic ring is 1. The Balaban J connectivity index is 1.97. The predicted molar refractivity (Wildman–Crippen MR) is 74.1 cm³/mol. The van der Waals surface area contributed by atoms with E-state index in [0.717, 1.165) is 27.3 Å². The topological polar surface area (TPSA) is 76.7 Å². The molecule has 3 aromatic rings. The summed E-state index contributed by atoms with van der Waals surface area (Å²) in [5, 5.41) is 3.24. The Hall–Kier alpha value is -2.21. The number of nitrogens with zero attached hydrogens (tertiary/aromatic N) is 3. The normalized spacial score (nSPS) is 10.7. The second kappa shape index (κ2) is 4.23. The van der Waals surface area contributed by atoms with E-state index in [9.17, 15) is 0 Å². The number of nitrogens with two attached hydrogens (primary N) is 1. The maximum Gasteiger partial charge on any atom is 0.221 e. The van der Waals surface area contributed by atoms with Crippen molar-refractivity contribution in [2.24, 2.45) is 0 Å². The van der Waals surface area contributed by atoms with Crippen LogP contribution in [0, 0.1) is 6.92 Å². The van der Waals surface area contributed by atoms with Crippen molar-refractivity contribution in [3.8, 4) is 0 Å². The molecule has 0 aliphatic rings. The molecule has 0 fully saturated rings. The third-order valence-corrected chi connectivity index (χ3v) is 3.38. The van der Waals surface area contributed by atoms with Crippen LogP contribution in [0.5, 0.6) is 0 Å². The number of hydrogen-bond donors (Lipinski definition) is 2. The van der Waals surface area contributed by atoms with Gasteiger partial charge in [0.15, 0.2) is 0 Å². The van der Waals surface area contributed by atoms with Gasteiger partial charge in [0.05, 0.1) is 15.7 Å². The molecule has 2 heterocycles. The van der Waals surface area contributed by atoms with Gasteiger partial charge in [-0.05, 0) is 25.1 Å². The van der Waals surface area contributed by atoms with Crippen molar-refractivity contribution >= 4 is 39.0 Å². The molecule has 0 atom stereocenters. The smallest absolute Gasteiger partial charge is 0.221 e. The maximum atomic E-state index is 5.58. The zero-order valence-corrected chi connectivity index (χ0v) is 10.5. The first-order valence-corrected chi connectivity index (χ1v) is 6.30. The third kappa shape index (κ3) is 1.98. The Kier molecular flexibility index (Phi) is 2.56. The molecule has 0 unspecified atom stereocenters. The van der Waals surface area contributed by atoms with E-state index in [-0.39, 0.29) is 5.95 Å². The highest BCUT2D eigenvalue weighted by molar-refractivity contribution is 7.16. The van der Waals surface area contributed by atoms with E-state index in [1.165, 1.54) is 0 Å². The Bertz CT molecular complexity index is 707. The second-order valence-electron chi connectivity index (χ2n) is 3.92. The third-order valence-electron chi connectivity index (χ3n) is 2.58. The van der Waals surface area contributed by atoms with Crippen molar-refractivity contribution in [1.29, 1.82) is 0 Å². The minimum atomic E-state index is 0.266. The Morgan fingerprint density at radius 1 is 1.28 bits per heavy atom. The summed E-state index contributed by atoms with van der Waals surface area (Å²) in [6.45, 7) is 1.94. The molecule has 6 heteroatoms. The number of anilines is 3. The highest BCUT2D eigenvalue weighted by atomic mass is 32.1. The Morgan fingerprint density at radius 2 is 2.17 bits per heavy atom. The van der Waals surface area contributed by atoms with E-state index in [2.05, 4.69) is 20.3 Å². The molecule has 0 bridgehead atoms. The zero-order valence-electron chi connectivity index (χ0n) is 9.71. The van der Waals surface area contributed by atoms with Crippen LogP contribution in [0.15, 0.2) is 29.9 Å². The van der Waals surface area contributed by atoms with E-state index in [1.54, 1.807) is 17.5 Å². The highest BCUT2D eigenvalue weighted by Crippen LogP contribution is 2.24. The van der Waals surface area contributed by atoms with Crippen LogP contribution in [0.2, 0.25) is 0 Å². The SMILES string of the molecule is Cc1cnc(N)nc1Nc1ccc2ncsc2c1. The molecular weight excluding hydrogens is 246 g/mol. The molecule has 0 saturated carbocycles. The summed E-state index contributed by atoms with van der Waals surface area (Å²) >= 11 is 1.61. The fraction of sp³-hybridized carbons (Fsp3) is 0.0833. The average Bonchev–Trinajstić information content (AvgIpc) is 2.81. The first-order valence-electron chi connectivity index (χ1n) is 5.42. The number of nitrogens with one attached hydrogen (secondary N) is 1. The van der Waals surface area contributed by atoms with Gasteiger partial charge in [-0.25, -0.2) is 9.97 Å². The van der Waals surface area contributed by atoms with Crippen molar-refractivity contribution < 1.29 is 0 Å². The summed E-state index contributed by atoms with van der Waals surface area (Å²) in [7, 11) is 0. The van der Waals surface area contributed by atoms with Gasteiger partial charge in [0.2, 0.25) is 5.95 Å². The summed E-state index contributed by atoms with van der Waals surface area (Å²) < 4.78 is 1.14. The molecule has 18 heavy (non-hydrogen) atoms. The molecule has 5 nitrogen and oxygen atoms in total. The van der Waals surface area contributed by atoms with Crippen LogP contribution < -0.4 is 11.1 Å². The minimum absolute atomic E-state index is 0.266. The fourth-order valence-corrected chi connectivity index (χ4v) is 2.37. The van der Waals surface area contributed by atoms with Gasteiger partial charge < -0.3 is 11.1 Å². The number of rotatable bonds is 2. The number of hydrogen-bond acceptors (Lipinski definition) is 6. The Morgan fingerprint density at radius 3 is 3.06 bits per heavy atom. The van der Waals surface area contributed by atoms with E-state index in [4.69, 9.17) is 5.73 Å². The van der Waals surface area contributed by atoms with Crippen LogP contribution in [-0.2, 0) is 0 Å². The lowest BCUT2D eigenvalue weighted by atomic mass is 10.3. The Labute approximate surface area is 108 Å². The van der Waals surface area contributed by atoms with Crippen LogP contribution in [-0.4, -0.2) is 15.0 Å². The molecule has 0 aliphatic carbocycles. The molecule has 3 rings (SSSR count). The van der Waals surface area contributed by atoms with Gasteiger partial charge >= 0.3 is 0 Å². The van der Waals surface area contributed by atoms with Crippen LogP contribution in [0.25, 0.3) is 10.2 Å². The lowest BCUT2D eigenvalue weighted by Gasteiger charge is -2.08. The van der Waals surface area contributed by atoms with Gasteiger partial charge in [0, 0.05) is 17.4 Å². The van der Waals surface area contributed by atoms with Gasteiger partial charge in [-0.2, -0.15) is 4.98 Å². The molecule has 0 aliphatic heterocycles. The van der Waals surface area contributed by atoms with Crippen LogP contribution in [0.3, 0.4) is 0 Å². The van der Waals surface area contributed by atoms with Gasteiger partial charge in [0.1, 0.15) is 5.82 Å². The minimum Gasteiger partial charge on any atom is -0.368 e. The number of aryl methyl sites for hydroxylation is 1. The standard InChI is InChI=1S/C12H11N5S/c1-7-5-14-12(13)17-11(7)16-8-2-3-9-10(4-8)18-6-15-9/h2-6H,1H3,(H3,13,14,16,17). The molecule has 0 spiro atoms. The van der Waals surface area contributed by atoms with Crippen molar-refractivity contribution in [3.05, 3.63) is 35.5 Å². The maximum absolute atomic E-state index is 5.58. The lowest BCUT2D eigenvalue weighted by molar-refractivity contribution is 1.15. The quantitative estimate of drug-likeness (QED) is 0.738. The molecule has 3 N–H and O–H groups in total. The molecular formula is C12H11N5S. The first-order chi connectivity index (χ1) is 8.72.